The summed E-state index contributed by atoms with van der Waals surface area (Å²) in [5.41, 5.74) is 8.83. The smallest absolute Gasteiger partial charge is 0.236 e. The van der Waals surface area contributed by atoms with Gasteiger partial charge in [0.1, 0.15) is 0 Å². The van der Waals surface area contributed by atoms with Gasteiger partial charge in [-0.3, -0.25) is 15.0 Å². The molecule has 24 heavy (non-hydrogen) atoms. The van der Waals surface area contributed by atoms with Crippen LogP contribution >= 0.6 is 0 Å². The lowest BCUT2D eigenvalue weighted by Gasteiger charge is -2.23. The molecule has 3 rings (SSSR count). The van der Waals surface area contributed by atoms with E-state index in [-0.39, 0.29) is 31.0 Å². The standard InChI is InChI=1S/C17H23N3O4/c1-23-14-7-6-11(8-15(14)24-12-4-2-3-5-12)13-9-17(22)19-20(13)10-16(18)21/h6-8,12-13H,2-5,9-10H2,1H3,(H2,18,21)(H,19,22). The van der Waals surface area contributed by atoms with Crippen LogP contribution in [0.3, 0.4) is 0 Å². The fourth-order valence-corrected chi connectivity index (χ4v) is 3.36. The SMILES string of the molecule is COc1ccc(C2CC(=O)NN2CC(N)=O)cc1OC1CCCC1. The van der Waals surface area contributed by atoms with Gasteiger partial charge in [-0.25, -0.2) is 5.01 Å². The average molecular weight is 333 g/mol. The molecule has 1 aromatic carbocycles. The Balaban J connectivity index is 1.84. The van der Waals surface area contributed by atoms with E-state index >= 15 is 0 Å². The first kappa shape index (κ1) is 16.6. The predicted octanol–water partition coefficient (Wildman–Crippen LogP) is 1.28. The molecule has 2 fully saturated rings. The number of nitrogens with two attached hydrogens (primary N) is 1. The van der Waals surface area contributed by atoms with Crippen molar-refractivity contribution >= 4 is 11.8 Å². The van der Waals surface area contributed by atoms with E-state index in [4.69, 9.17) is 15.2 Å². The number of methoxy groups -OCH3 is 1. The van der Waals surface area contributed by atoms with Gasteiger partial charge in [-0.2, -0.15) is 0 Å². The Morgan fingerprint density at radius 3 is 2.75 bits per heavy atom. The highest BCUT2D eigenvalue weighted by Gasteiger charge is 2.33. The van der Waals surface area contributed by atoms with Crippen LogP contribution in [0.15, 0.2) is 18.2 Å². The largest absolute Gasteiger partial charge is 0.493 e. The van der Waals surface area contributed by atoms with Crippen molar-refractivity contribution in [1.82, 2.24) is 10.4 Å². The second-order valence-electron chi connectivity index (χ2n) is 6.28. The molecule has 2 amide bonds. The topological polar surface area (TPSA) is 93.9 Å². The lowest BCUT2D eigenvalue weighted by molar-refractivity contribution is -0.123. The molecule has 7 heteroatoms. The van der Waals surface area contributed by atoms with Gasteiger partial charge in [-0.05, 0) is 43.4 Å². The van der Waals surface area contributed by atoms with Crippen molar-refractivity contribution in [3.63, 3.8) is 0 Å². The van der Waals surface area contributed by atoms with Crippen molar-refractivity contribution in [2.24, 2.45) is 5.73 Å². The van der Waals surface area contributed by atoms with E-state index in [1.54, 1.807) is 12.1 Å². The number of hydrazine groups is 1. The molecule has 0 aromatic heterocycles. The molecule has 1 unspecified atom stereocenters. The maximum atomic E-state index is 11.7. The molecule has 0 bridgehead atoms. The molecule has 130 valence electrons. The number of rotatable bonds is 6. The first-order valence-electron chi connectivity index (χ1n) is 8.26. The highest BCUT2D eigenvalue weighted by atomic mass is 16.5. The van der Waals surface area contributed by atoms with Crippen LogP contribution in [0.2, 0.25) is 0 Å². The number of nitrogens with one attached hydrogen (secondary N) is 1. The lowest BCUT2D eigenvalue weighted by Crippen LogP contribution is -2.41. The van der Waals surface area contributed by atoms with Crippen molar-refractivity contribution in [2.75, 3.05) is 13.7 Å². The molecule has 0 spiro atoms. The van der Waals surface area contributed by atoms with Gasteiger partial charge < -0.3 is 15.2 Å². The van der Waals surface area contributed by atoms with E-state index in [1.165, 1.54) is 12.8 Å². The number of hydrogen-bond acceptors (Lipinski definition) is 5. The van der Waals surface area contributed by atoms with Gasteiger partial charge >= 0.3 is 0 Å². The van der Waals surface area contributed by atoms with Gasteiger partial charge in [0.25, 0.3) is 0 Å². The normalized spacial score (nSPS) is 21.7. The van der Waals surface area contributed by atoms with Crippen LogP contribution in [0.5, 0.6) is 11.5 Å². The number of carbonyl (C=O) groups excluding carboxylic acids is 2. The minimum absolute atomic E-state index is 0.0265. The zero-order valence-electron chi connectivity index (χ0n) is 13.8. The van der Waals surface area contributed by atoms with Gasteiger partial charge in [0.15, 0.2) is 11.5 Å². The van der Waals surface area contributed by atoms with Gasteiger partial charge in [0.05, 0.1) is 25.8 Å². The first-order chi connectivity index (χ1) is 11.6. The molecule has 7 nitrogen and oxygen atoms in total. The second kappa shape index (κ2) is 7.09. The summed E-state index contributed by atoms with van der Waals surface area (Å²) in [6, 6.07) is 5.38. The van der Waals surface area contributed by atoms with E-state index < -0.39 is 5.91 Å². The summed E-state index contributed by atoms with van der Waals surface area (Å²) in [6.07, 6.45) is 4.94. The Morgan fingerprint density at radius 1 is 1.33 bits per heavy atom. The van der Waals surface area contributed by atoms with E-state index in [9.17, 15) is 9.59 Å². The summed E-state index contributed by atoms with van der Waals surface area (Å²) in [7, 11) is 1.61. The number of amides is 2. The monoisotopic (exact) mass is 333 g/mol. The molecule has 2 aliphatic rings. The minimum atomic E-state index is -0.488. The predicted molar refractivity (Wildman–Crippen MR) is 87.3 cm³/mol. The summed E-state index contributed by atoms with van der Waals surface area (Å²) in [5.74, 6) is 0.734. The van der Waals surface area contributed by atoms with Gasteiger partial charge in [0.2, 0.25) is 11.8 Å². The highest BCUT2D eigenvalue weighted by Crippen LogP contribution is 2.36. The average Bonchev–Trinajstić information content (AvgIpc) is 3.16. The van der Waals surface area contributed by atoms with Crippen LogP contribution in [-0.4, -0.2) is 36.6 Å². The van der Waals surface area contributed by atoms with Crippen LogP contribution in [0.1, 0.15) is 43.7 Å². The summed E-state index contributed by atoms with van der Waals surface area (Å²) >= 11 is 0. The second-order valence-corrected chi connectivity index (χ2v) is 6.28. The number of primary amides is 1. The third kappa shape index (κ3) is 3.62. The van der Waals surface area contributed by atoms with Gasteiger partial charge in [0, 0.05) is 6.42 Å². The quantitative estimate of drug-likeness (QED) is 0.818. The molecule has 1 saturated heterocycles. The maximum Gasteiger partial charge on any atom is 0.236 e. The fourth-order valence-electron chi connectivity index (χ4n) is 3.36. The Labute approximate surface area is 141 Å². The van der Waals surface area contributed by atoms with Crippen LogP contribution < -0.4 is 20.6 Å². The lowest BCUT2D eigenvalue weighted by atomic mass is 10.0. The number of hydrogen-bond donors (Lipinski definition) is 2. The maximum absolute atomic E-state index is 11.7. The van der Waals surface area contributed by atoms with Crippen molar-refractivity contribution in [3.05, 3.63) is 23.8 Å². The van der Waals surface area contributed by atoms with E-state index in [2.05, 4.69) is 5.43 Å². The van der Waals surface area contributed by atoms with Crippen LogP contribution in [0, 0.1) is 0 Å². The van der Waals surface area contributed by atoms with Crippen molar-refractivity contribution in [2.45, 2.75) is 44.2 Å². The van der Waals surface area contributed by atoms with Crippen molar-refractivity contribution in [3.8, 4) is 11.5 Å². The number of nitrogens with zero attached hydrogens (tertiary/aromatic N) is 1. The van der Waals surface area contributed by atoms with Crippen LogP contribution in [0.25, 0.3) is 0 Å². The molecule has 0 radical (unpaired) electrons. The molecule has 3 N–H and O–H groups in total. The zero-order chi connectivity index (χ0) is 17.1. The first-order valence-corrected chi connectivity index (χ1v) is 8.26. The summed E-state index contributed by atoms with van der Waals surface area (Å²) in [5, 5.41) is 1.58. The van der Waals surface area contributed by atoms with Crippen LogP contribution in [0.4, 0.5) is 0 Å². The molecule has 1 saturated carbocycles. The molecule has 1 aliphatic carbocycles. The molecule has 1 aliphatic heterocycles. The molecule has 1 heterocycles. The Morgan fingerprint density at radius 2 is 2.08 bits per heavy atom. The Hall–Kier alpha value is -2.28. The number of carbonyl (C=O) groups is 2. The van der Waals surface area contributed by atoms with Gasteiger partial charge in [-0.15, -0.1) is 0 Å². The van der Waals surface area contributed by atoms with Gasteiger partial charge in [-0.1, -0.05) is 6.07 Å². The Bertz CT molecular complexity index is 628. The van der Waals surface area contributed by atoms with E-state index in [1.807, 2.05) is 18.2 Å². The molecule has 1 aromatic rings. The number of benzene rings is 1. The molecular weight excluding hydrogens is 310 g/mol. The number of ether oxygens (including phenoxy) is 2. The fraction of sp³-hybridized carbons (Fsp3) is 0.529. The molecule has 1 atom stereocenters. The Kier molecular flexibility index (Phi) is 4.89. The highest BCUT2D eigenvalue weighted by molar-refractivity contribution is 5.81. The molecular formula is C17H23N3O4. The van der Waals surface area contributed by atoms with E-state index in [0.717, 1.165) is 18.4 Å². The minimum Gasteiger partial charge on any atom is -0.493 e. The summed E-state index contributed by atoms with van der Waals surface area (Å²) in [6.45, 7) is -0.0265. The van der Waals surface area contributed by atoms with Crippen molar-refractivity contribution in [1.29, 1.82) is 0 Å². The summed E-state index contributed by atoms with van der Waals surface area (Å²) in [4.78, 5) is 23.0. The third-order valence-electron chi connectivity index (χ3n) is 4.52. The van der Waals surface area contributed by atoms with Crippen LogP contribution in [-0.2, 0) is 9.59 Å². The summed E-state index contributed by atoms with van der Waals surface area (Å²) < 4.78 is 11.5. The van der Waals surface area contributed by atoms with Crippen molar-refractivity contribution < 1.29 is 19.1 Å². The zero-order valence-corrected chi connectivity index (χ0v) is 13.8. The third-order valence-corrected chi connectivity index (χ3v) is 4.52. The van der Waals surface area contributed by atoms with E-state index in [0.29, 0.717) is 11.5 Å².